The van der Waals surface area contributed by atoms with Crippen LogP contribution in [0.1, 0.15) is 6.92 Å². The van der Waals surface area contributed by atoms with E-state index in [0.29, 0.717) is 0 Å². The van der Waals surface area contributed by atoms with Crippen molar-refractivity contribution in [2.75, 3.05) is 0 Å². The monoisotopic (exact) mass is 200 g/mol. The van der Waals surface area contributed by atoms with Crippen molar-refractivity contribution >= 4 is 68.5 Å². The van der Waals surface area contributed by atoms with Crippen molar-refractivity contribution in [2.45, 2.75) is 6.92 Å². The van der Waals surface area contributed by atoms with Crippen LogP contribution >= 0.6 is 24.8 Å². The molecule has 0 aromatic heterocycles. The molecule has 0 unspecified atom stereocenters. The van der Waals surface area contributed by atoms with E-state index in [1.807, 2.05) is 0 Å². The van der Waals surface area contributed by atoms with E-state index in [2.05, 4.69) is 6.58 Å². The molecule has 0 atom stereocenters. The number of carbonyl (C=O) groups is 1. The number of rotatable bonds is 1. The molecule has 0 rings (SSSR count). The molecule has 0 heterocycles. The Labute approximate surface area is 96.5 Å². The van der Waals surface area contributed by atoms with Gasteiger partial charge in [-0.3, -0.25) is 0 Å². The summed E-state index contributed by atoms with van der Waals surface area (Å²) in [7, 11) is 0. The van der Waals surface area contributed by atoms with E-state index < -0.39 is 5.97 Å². The Morgan fingerprint density at radius 3 is 1.56 bits per heavy atom. The van der Waals surface area contributed by atoms with Crippen molar-refractivity contribution in [1.29, 1.82) is 0 Å². The predicted molar refractivity (Wildman–Crippen MR) is 45.5 cm³/mol. The van der Waals surface area contributed by atoms with E-state index in [9.17, 15) is 4.79 Å². The van der Waals surface area contributed by atoms with Gasteiger partial charge in [0.15, 0.2) is 0 Å². The first-order valence-electron chi connectivity index (χ1n) is 1.53. The van der Waals surface area contributed by atoms with E-state index >= 15 is 0 Å². The summed E-state index contributed by atoms with van der Waals surface area (Å²) in [6.07, 6.45) is 0. The van der Waals surface area contributed by atoms with Gasteiger partial charge in [0.1, 0.15) is 0 Å². The number of hydrogen-bond acceptors (Lipinski definition) is 1. The van der Waals surface area contributed by atoms with Gasteiger partial charge in [-0.1, -0.05) is 6.58 Å². The van der Waals surface area contributed by atoms with E-state index in [0.717, 1.165) is 0 Å². The van der Waals surface area contributed by atoms with Gasteiger partial charge in [-0.15, -0.1) is 24.8 Å². The molecule has 0 aliphatic heterocycles. The molecular weight excluding hydrogens is 191 g/mol. The molecule has 2 nitrogen and oxygen atoms in total. The maximum atomic E-state index is 9.60. The molecule has 0 saturated heterocycles. The first kappa shape index (κ1) is 22.5. The van der Waals surface area contributed by atoms with E-state index in [-0.39, 0.29) is 68.1 Å². The van der Waals surface area contributed by atoms with Gasteiger partial charge in [0.2, 0.25) is 0 Å². The molecule has 0 aliphatic rings. The molecule has 0 bridgehead atoms. The van der Waals surface area contributed by atoms with E-state index in [1.165, 1.54) is 6.92 Å². The Kier molecular flexibility index (Phi) is 29.5. The van der Waals surface area contributed by atoms with Crippen LogP contribution in [0.25, 0.3) is 0 Å². The van der Waals surface area contributed by atoms with Crippen LogP contribution in [-0.4, -0.2) is 48.8 Å². The van der Waals surface area contributed by atoms with Crippen LogP contribution in [0, 0.1) is 0 Å². The molecular formula is C4H10CaCl2O2. The second kappa shape index (κ2) is 11.8. The molecule has 0 spiro atoms. The summed E-state index contributed by atoms with van der Waals surface area (Å²) in [5.74, 6) is -0.935. The molecule has 9 heavy (non-hydrogen) atoms. The third-order valence-electron chi connectivity index (χ3n) is 0.365. The third kappa shape index (κ3) is 17.6. The molecule has 0 saturated carbocycles. The zero-order chi connectivity index (χ0) is 5.15. The molecule has 0 aromatic rings. The van der Waals surface area contributed by atoms with E-state index in [1.54, 1.807) is 0 Å². The van der Waals surface area contributed by atoms with Crippen molar-refractivity contribution in [3.05, 3.63) is 12.2 Å². The molecule has 0 radical (unpaired) electrons. The van der Waals surface area contributed by atoms with Crippen LogP contribution in [0.15, 0.2) is 12.2 Å². The van der Waals surface area contributed by atoms with Crippen LogP contribution in [0.4, 0.5) is 0 Å². The molecule has 0 aromatic carbocycles. The minimum absolute atomic E-state index is 0. The molecule has 0 aliphatic carbocycles. The van der Waals surface area contributed by atoms with Crippen LogP contribution in [0.5, 0.6) is 0 Å². The zero-order valence-corrected chi connectivity index (χ0v) is 6.01. The van der Waals surface area contributed by atoms with Crippen LogP contribution in [-0.2, 0) is 4.79 Å². The molecule has 5 heteroatoms. The topological polar surface area (TPSA) is 37.3 Å². The number of aliphatic carboxylic acids is 1. The van der Waals surface area contributed by atoms with Gasteiger partial charge >= 0.3 is 43.7 Å². The predicted octanol–water partition coefficient (Wildman–Crippen LogP) is 0.574. The Morgan fingerprint density at radius 2 is 1.56 bits per heavy atom. The fraction of sp³-hybridized carbons (Fsp3) is 0.250. The van der Waals surface area contributed by atoms with Gasteiger partial charge in [0.05, 0.1) is 0 Å². The Bertz CT molecular complexity index is 82.6. The Balaban J connectivity index is -0.0000000417. The summed E-state index contributed by atoms with van der Waals surface area (Å²) < 4.78 is 0. The zero-order valence-electron chi connectivity index (χ0n) is 4.38. The van der Waals surface area contributed by atoms with Gasteiger partial charge in [-0.05, 0) is 6.92 Å². The average Bonchev–Trinajstić information content (AvgIpc) is 1.36. The van der Waals surface area contributed by atoms with Crippen molar-refractivity contribution in [3.8, 4) is 0 Å². The van der Waals surface area contributed by atoms with Gasteiger partial charge in [-0.25, -0.2) is 4.79 Å². The SMILES string of the molecule is C=C(C)C(=O)O.Cl.Cl.[CaH2]. The first-order valence-corrected chi connectivity index (χ1v) is 1.53. The second-order valence-electron chi connectivity index (χ2n) is 1.09. The summed E-state index contributed by atoms with van der Waals surface area (Å²) in [5.41, 5.74) is 0.176. The maximum absolute atomic E-state index is 9.60. The van der Waals surface area contributed by atoms with Crippen molar-refractivity contribution in [1.82, 2.24) is 0 Å². The third-order valence-corrected chi connectivity index (χ3v) is 0.365. The van der Waals surface area contributed by atoms with Gasteiger partial charge in [0, 0.05) is 5.57 Å². The summed E-state index contributed by atoms with van der Waals surface area (Å²) in [4.78, 5) is 9.60. The second-order valence-corrected chi connectivity index (χ2v) is 1.09. The van der Waals surface area contributed by atoms with Crippen molar-refractivity contribution in [2.24, 2.45) is 0 Å². The molecule has 0 fully saturated rings. The molecule has 54 valence electrons. The fourth-order valence-electron chi connectivity index (χ4n) is 0. The number of carboxylic acid groups (broad SMARTS) is 1. The standard InChI is InChI=1S/C4H6O2.Ca.2ClH.2H/c1-3(2)4(5)6;;;;;/h1H2,2H3,(H,5,6);;2*1H;;. The fourth-order valence-corrected chi connectivity index (χ4v) is 0. The van der Waals surface area contributed by atoms with Crippen LogP contribution in [0.3, 0.4) is 0 Å². The molecule has 1 N–H and O–H groups in total. The summed E-state index contributed by atoms with van der Waals surface area (Å²) in [6.45, 7) is 4.60. The van der Waals surface area contributed by atoms with Crippen LogP contribution in [0.2, 0.25) is 0 Å². The van der Waals surface area contributed by atoms with E-state index in [4.69, 9.17) is 5.11 Å². The van der Waals surface area contributed by atoms with Crippen molar-refractivity contribution < 1.29 is 9.90 Å². The quantitative estimate of drug-likeness (QED) is 0.497. The van der Waals surface area contributed by atoms with Gasteiger partial charge in [0.25, 0.3) is 0 Å². The number of hydrogen-bond donors (Lipinski definition) is 1. The number of carboxylic acids is 1. The summed E-state index contributed by atoms with van der Waals surface area (Å²) in [6, 6.07) is 0. The van der Waals surface area contributed by atoms with Gasteiger partial charge < -0.3 is 5.11 Å². The van der Waals surface area contributed by atoms with Crippen molar-refractivity contribution in [3.63, 3.8) is 0 Å². The molecule has 0 amide bonds. The Hall–Kier alpha value is 1.05. The average molecular weight is 201 g/mol. The normalized spacial score (nSPS) is 5.00. The first-order chi connectivity index (χ1) is 2.64. The summed E-state index contributed by atoms with van der Waals surface area (Å²) in [5, 5.41) is 7.89. The van der Waals surface area contributed by atoms with Gasteiger partial charge in [-0.2, -0.15) is 0 Å². The summed E-state index contributed by atoms with van der Waals surface area (Å²) >= 11 is 0. The van der Waals surface area contributed by atoms with Crippen LogP contribution < -0.4 is 0 Å². The minimum atomic E-state index is -0.935. The Morgan fingerprint density at radius 1 is 1.44 bits per heavy atom. The number of halogens is 2.